The van der Waals surface area contributed by atoms with Crippen LogP contribution in [0.1, 0.15) is 42.1 Å². The zero-order valence-electron chi connectivity index (χ0n) is 14.4. The first-order chi connectivity index (χ1) is 12.3. The van der Waals surface area contributed by atoms with Crippen molar-refractivity contribution < 1.29 is 14.8 Å². The predicted molar refractivity (Wildman–Crippen MR) is 104 cm³/mol. The lowest BCUT2D eigenvalue weighted by Gasteiger charge is -2.14. The van der Waals surface area contributed by atoms with Gasteiger partial charge in [-0.1, -0.05) is 19.9 Å². The molecule has 2 aromatic rings. The Morgan fingerprint density at radius 1 is 1.27 bits per heavy atom. The van der Waals surface area contributed by atoms with Gasteiger partial charge >= 0.3 is 0 Å². The highest BCUT2D eigenvalue weighted by atomic mass is 32.1. The normalized spacial score (nSPS) is 11.5. The Kier molecular flexibility index (Phi) is 6.24. The van der Waals surface area contributed by atoms with Gasteiger partial charge in [0.1, 0.15) is 5.75 Å². The summed E-state index contributed by atoms with van der Waals surface area (Å²) in [5.74, 6) is -0.168. The zero-order valence-corrected chi connectivity index (χ0v) is 15.2. The number of rotatable bonds is 5. The first-order valence-corrected chi connectivity index (χ1v) is 8.42. The fourth-order valence-corrected chi connectivity index (χ4v) is 2.46. The topological polar surface area (TPSA) is 104 Å². The maximum atomic E-state index is 12.2. The highest BCUT2D eigenvalue weighted by Crippen LogP contribution is 2.29. The third-order valence-corrected chi connectivity index (χ3v) is 4.22. The number of nitro groups is 1. The lowest BCUT2D eigenvalue weighted by Crippen LogP contribution is -2.34. The van der Waals surface area contributed by atoms with Gasteiger partial charge in [-0.3, -0.25) is 20.2 Å². The van der Waals surface area contributed by atoms with Gasteiger partial charge in [0.05, 0.1) is 10.6 Å². The van der Waals surface area contributed by atoms with Crippen LogP contribution < -0.4 is 10.6 Å². The molecule has 8 heteroatoms. The predicted octanol–water partition coefficient (Wildman–Crippen LogP) is 3.94. The van der Waals surface area contributed by atoms with Crippen LogP contribution in [0, 0.1) is 10.1 Å². The minimum absolute atomic E-state index is 0.0176. The molecule has 2 rings (SSSR count). The second-order valence-corrected chi connectivity index (χ2v) is 6.21. The molecule has 0 spiro atoms. The Bertz CT molecular complexity index is 837. The fraction of sp³-hybridized carbons (Fsp3) is 0.222. The van der Waals surface area contributed by atoms with Gasteiger partial charge in [-0.05, 0) is 54.4 Å². The number of carbonyl (C=O) groups is 1. The standard InChI is InChI=1S/C18H19N3O4S/c1-3-11(2)13-6-9-16(22)15(10-13)19-18(26)20-17(23)12-4-7-14(8-5-12)21(24)25/h4-11,22H,3H2,1-2H3,(H2,19,20,23,26)/t11-/m1/s1. The summed E-state index contributed by atoms with van der Waals surface area (Å²) >= 11 is 5.11. The first kappa shape index (κ1) is 19.3. The summed E-state index contributed by atoms with van der Waals surface area (Å²) in [4.78, 5) is 22.3. The van der Waals surface area contributed by atoms with E-state index in [4.69, 9.17) is 12.2 Å². The van der Waals surface area contributed by atoms with Crippen molar-refractivity contribution in [2.24, 2.45) is 0 Å². The van der Waals surface area contributed by atoms with E-state index in [2.05, 4.69) is 24.5 Å². The average molecular weight is 373 g/mol. The van der Waals surface area contributed by atoms with Crippen LogP contribution >= 0.6 is 12.2 Å². The van der Waals surface area contributed by atoms with Crippen molar-refractivity contribution in [1.82, 2.24) is 5.32 Å². The van der Waals surface area contributed by atoms with E-state index in [1.54, 1.807) is 12.1 Å². The van der Waals surface area contributed by atoms with Gasteiger partial charge in [0.25, 0.3) is 11.6 Å². The van der Waals surface area contributed by atoms with Crippen molar-refractivity contribution in [1.29, 1.82) is 0 Å². The van der Waals surface area contributed by atoms with E-state index in [1.165, 1.54) is 24.3 Å². The Balaban J connectivity index is 2.06. The lowest BCUT2D eigenvalue weighted by molar-refractivity contribution is -0.384. The van der Waals surface area contributed by atoms with Crippen LogP contribution in [0.5, 0.6) is 5.75 Å². The maximum absolute atomic E-state index is 12.2. The van der Waals surface area contributed by atoms with Gasteiger partial charge in [-0.25, -0.2) is 0 Å². The van der Waals surface area contributed by atoms with Crippen molar-refractivity contribution in [3.8, 4) is 5.75 Å². The number of nitrogens with one attached hydrogen (secondary N) is 2. The number of aromatic hydroxyl groups is 1. The van der Waals surface area contributed by atoms with E-state index in [0.717, 1.165) is 12.0 Å². The number of phenols is 1. The summed E-state index contributed by atoms with van der Waals surface area (Å²) in [7, 11) is 0. The van der Waals surface area contributed by atoms with Gasteiger partial charge in [0.15, 0.2) is 5.11 Å². The monoisotopic (exact) mass is 373 g/mol. The molecular formula is C18H19N3O4S. The van der Waals surface area contributed by atoms with E-state index in [-0.39, 0.29) is 22.1 Å². The molecule has 0 aliphatic carbocycles. The maximum Gasteiger partial charge on any atom is 0.269 e. The Morgan fingerprint density at radius 3 is 2.50 bits per heavy atom. The molecule has 7 nitrogen and oxygen atoms in total. The van der Waals surface area contributed by atoms with Crippen molar-refractivity contribution in [3.05, 3.63) is 63.7 Å². The number of nitro benzene ring substituents is 1. The van der Waals surface area contributed by atoms with Crippen LogP contribution in [0.3, 0.4) is 0 Å². The summed E-state index contributed by atoms with van der Waals surface area (Å²) in [6.45, 7) is 4.14. The Labute approximate surface area is 156 Å². The number of phenolic OH excluding ortho intramolecular Hbond substituents is 1. The number of anilines is 1. The third kappa shape index (κ3) is 4.76. The molecular weight excluding hydrogens is 354 g/mol. The molecule has 0 heterocycles. The van der Waals surface area contributed by atoms with Crippen LogP contribution in [-0.2, 0) is 0 Å². The summed E-state index contributed by atoms with van der Waals surface area (Å²) < 4.78 is 0. The molecule has 0 bridgehead atoms. The number of hydrogen-bond donors (Lipinski definition) is 3. The SMILES string of the molecule is CC[C@@H](C)c1ccc(O)c(NC(=S)NC(=O)c2ccc([N+](=O)[O-])cc2)c1. The van der Waals surface area contributed by atoms with Crippen LogP contribution in [0.15, 0.2) is 42.5 Å². The minimum Gasteiger partial charge on any atom is -0.506 e. The smallest absolute Gasteiger partial charge is 0.269 e. The van der Waals surface area contributed by atoms with Crippen LogP contribution in [0.25, 0.3) is 0 Å². The van der Waals surface area contributed by atoms with Crippen molar-refractivity contribution in [2.45, 2.75) is 26.2 Å². The molecule has 0 fully saturated rings. The molecule has 0 unspecified atom stereocenters. The fourth-order valence-electron chi connectivity index (χ4n) is 2.26. The molecule has 1 atom stereocenters. The number of amides is 1. The first-order valence-electron chi connectivity index (χ1n) is 8.01. The molecule has 0 radical (unpaired) electrons. The number of non-ortho nitro benzene ring substituents is 1. The Morgan fingerprint density at radius 2 is 1.92 bits per heavy atom. The summed E-state index contributed by atoms with van der Waals surface area (Å²) in [6, 6.07) is 10.4. The molecule has 26 heavy (non-hydrogen) atoms. The van der Waals surface area contributed by atoms with Crippen LogP contribution in [0.2, 0.25) is 0 Å². The number of carbonyl (C=O) groups excluding carboxylic acids is 1. The van der Waals surface area contributed by atoms with Crippen molar-refractivity contribution in [3.63, 3.8) is 0 Å². The van der Waals surface area contributed by atoms with Gasteiger partial charge in [0.2, 0.25) is 0 Å². The van der Waals surface area contributed by atoms with E-state index in [0.29, 0.717) is 11.6 Å². The molecule has 0 aliphatic heterocycles. The highest BCUT2D eigenvalue weighted by molar-refractivity contribution is 7.80. The quantitative estimate of drug-likeness (QED) is 0.317. The molecule has 0 aliphatic rings. The highest BCUT2D eigenvalue weighted by Gasteiger charge is 2.13. The van der Waals surface area contributed by atoms with Crippen LogP contribution in [0.4, 0.5) is 11.4 Å². The number of nitrogens with zero attached hydrogens (tertiary/aromatic N) is 1. The summed E-state index contributed by atoms with van der Waals surface area (Å²) in [6.07, 6.45) is 0.950. The van der Waals surface area contributed by atoms with E-state index in [9.17, 15) is 20.0 Å². The molecule has 0 aromatic heterocycles. The van der Waals surface area contributed by atoms with E-state index >= 15 is 0 Å². The molecule has 136 valence electrons. The van der Waals surface area contributed by atoms with E-state index < -0.39 is 10.8 Å². The van der Waals surface area contributed by atoms with E-state index in [1.807, 2.05) is 6.07 Å². The van der Waals surface area contributed by atoms with Crippen LogP contribution in [-0.4, -0.2) is 21.0 Å². The summed E-state index contributed by atoms with van der Waals surface area (Å²) in [5.41, 5.74) is 1.57. The van der Waals surface area contributed by atoms with Crippen molar-refractivity contribution >= 4 is 34.6 Å². The molecule has 0 saturated carbocycles. The minimum atomic E-state index is -0.541. The molecule has 1 amide bonds. The average Bonchev–Trinajstić information content (AvgIpc) is 2.62. The lowest BCUT2D eigenvalue weighted by atomic mass is 9.98. The Hall–Kier alpha value is -3.00. The molecule has 3 N–H and O–H groups in total. The number of thiocarbonyl (C=S) groups is 1. The van der Waals surface area contributed by atoms with Gasteiger partial charge < -0.3 is 10.4 Å². The second-order valence-electron chi connectivity index (χ2n) is 5.80. The number of hydrogen-bond acceptors (Lipinski definition) is 5. The molecule has 0 saturated heterocycles. The van der Waals surface area contributed by atoms with Gasteiger partial charge in [-0.15, -0.1) is 0 Å². The number of benzene rings is 2. The molecule has 2 aromatic carbocycles. The second kappa shape index (κ2) is 8.39. The van der Waals surface area contributed by atoms with Gasteiger partial charge in [-0.2, -0.15) is 0 Å². The zero-order chi connectivity index (χ0) is 19.3. The van der Waals surface area contributed by atoms with Gasteiger partial charge in [0, 0.05) is 17.7 Å². The van der Waals surface area contributed by atoms with Crippen molar-refractivity contribution in [2.75, 3.05) is 5.32 Å². The summed E-state index contributed by atoms with van der Waals surface area (Å²) in [5, 5.41) is 25.9. The third-order valence-electron chi connectivity index (χ3n) is 4.02. The largest absolute Gasteiger partial charge is 0.506 e.